The summed E-state index contributed by atoms with van der Waals surface area (Å²) < 4.78 is 18.2. The fourth-order valence-corrected chi connectivity index (χ4v) is 0.921. The van der Waals surface area contributed by atoms with Crippen LogP contribution in [0.5, 0.6) is 0 Å². The molecule has 0 radical (unpaired) electrons. The fourth-order valence-electron chi connectivity index (χ4n) is 0.518. The first kappa shape index (κ1) is 6.15. The zero-order valence-electron chi connectivity index (χ0n) is 4.33. The molecule has 0 aromatic carbocycles. The highest BCUT2D eigenvalue weighted by Gasteiger charge is 2.13. The van der Waals surface area contributed by atoms with E-state index in [1.54, 1.807) is 5.01 Å². The molecule has 0 aliphatic carbocycles. The Labute approximate surface area is 50.3 Å². The van der Waals surface area contributed by atoms with Crippen molar-refractivity contribution in [1.29, 1.82) is 0 Å². The van der Waals surface area contributed by atoms with Gasteiger partial charge in [0.05, 0.1) is 0 Å². The van der Waals surface area contributed by atoms with E-state index in [0.29, 0.717) is 0 Å². The predicted molar refractivity (Wildman–Crippen MR) is 30.1 cm³/mol. The van der Waals surface area contributed by atoms with E-state index in [-0.39, 0.29) is 0 Å². The summed E-state index contributed by atoms with van der Waals surface area (Å²) in [7, 11) is 0. The first-order valence-electron chi connectivity index (χ1n) is 2.41. The van der Waals surface area contributed by atoms with Crippen LogP contribution in [0.4, 0.5) is 0 Å². The standard InChI is InChI=1S/C3H8N2O2S/c6-8(7)4-5-2-1-3-5/h4H,1-3H2,(H,6,7). The molecule has 4 nitrogen and oxygen atoms in total. The summed E-state index contributed by atoms with van der Waals surface area (Å²) in [5, 5.41) is 1.70. The highest BCUT2D eigenvalue weighted by Crippen LogP contribution is 1.99. The number of hydrazine groups is 1. The maximum Gasteiger partial charge on any atom is 0.246 e. The maximum atomic E-state index is 9.96. The van der Waals surface area contributed by atoms with Crippen LogP contribution < -0.4 is 4.83 Å². The molecule has 0 spiro atoms. The van der Waals surface area contributed by atoms with Crippen LogP contribution in [0.3, 0.4) is 0 Å². The average molecular weight is 136 g/mol. The average Bonchev–Trinajstić information content (AvgIpc) is 1.55. The van der Waals surface area contributed by atoms with Gasteiger partial charge in [-0.2, -0.15) is 0 Å². The molecule has 0 aromatic heterocycles. The summed E-state index contributed by atoms with van der Waals surface area (Å²) in [4.78, 5) is 2.34. The van der Waals surface area contributed by atoms with Crippen LogP contribution in [0.2, 0.25) is 0 Å². The van der Waals surface area contributed by atoms with Gasteiger partial charge in [-0.25, -0.2) is 9.22 Å². The molecular weight excluding hydrogens is 128 g/mol. The van der Waals surface area contributed by atoms with Gasteiger partial charge in [-0.3, -0.25) is 4.55 Å². The Morgan fingerprint density at radius 2 is 2.25 bits per heavy atom. The molecule has 1 aliphatic rings. The second-order valence-electron chi connectivity index (χ2n) is 1.68. The van der Waals surface area contributed by atoms with E-state index in [9.17, 15) is 4.21 Å². The minimum absolute atomic E-state index is 0.881. The third-order valence-electron chi connectivity index (χ3n) is 1.06. The second kappa shape index (κ2) is 2.54. The number of hydrogen-bond acceptors (Lipinski definition) is 2. The fraction of sp³-hybridized carbons (Fsp3) is 1.00. The van der Waals surface area contributed by atoms with Crippen molar-refractivity contribution in [3.63, 3.8) is 0 Å². The molecule has 2 N–H and O–H groups in total. The van der Waals surface area contributed by atoms with E-state index in [1.807, 2.05) is 0 Å². The summed E-state index contributed by atoms with van der Waals surface area (Å²) >= 11 is -1.87. The van der Waals surface area contributed by atoms with Crippen LogP contribution in [0.25, 0.3) is 0 Å². The smallest absolute Gasteiger partial charge is 0.246 e. The molecule has 1 unspecified atom stereocenters. The third-order valence-corrected chi connectivity index (χ3v) is 1.48. The molecule has 1 saturated heterocycles. The zero-order valence-corrected chi connectivity index (χ0v) is 5.15. The van der Waals surface area contributed by atoms with Gasteiger partial charge < -0.3 is 0 Å². The Kier molecular flexibility index (Phi) is 1.95. The molecule has 1 rings (SSSR count). The maximum absolute atomic E-state index is 9.96. The van der Waals surface area contributed by atoms with E-state index in [4.69, 9.17) is 4.55 Å². The Hall–Kier alpha value is 0.0300. The number of hydrogen-bond donors (Lipinski definition) is 2. The van der Waals surface area contributed by atoms with Crippen molar-refractivity contribution in [3.05, 3.63) is 0 Å². The molecule has 48 valence electrons. The van der Waals surface area contributed by atoms with Crippen LogP contribution >= 0.6 is 0 Å². The van der Waals surface area contributed by atoms with E-state index >= 15 is 0 Å². The van der Waals surface area contributed by atoms with Crippen LogP contribution in [0.15, 0.2) is 0 Å². The normalized spacial score (nSPS) is 24.6. The summed E-state index contributed by atoms with van der Waals surface area (Å²) in [6.07, 6.45) is 1.12. The lowest BCUT2D eigenvalue weighted by atomic mass is 10.3. The number of rotatable bonds is 2. The Morgan fingerprint density at radius 1 is 1.62 bits per heavy atom. The van der Waals surface area contributed by atoms with E-state index in [2.05, 4.69) is 4.83 Å². The van der Waals surface area contributed by atoms with Crippen LogP contribution in [-0.2, 0) is 11.3 Å². The van der Waals surface area contributed by atoms with Gasteiger partial charge in [0.25, 0.3) is 0 Å². The zero-order chi connectivity index (χ0) is 5.98. The lowest BCUT2D eigenvalue weighted by Crippen LogP contribution is -2.47. The van der Waals surface area contributed by atoms with Gasteiger partial charge in [-0.1, -0.05) is 0 Å². The largest absolute Gasteiger partial charge is 0.293 e. The van der Waals surface area contributed by atoms with Crippen LogP contribution in [0, 0.1) is 0 Å². The first-order chi connectivity index (χ1) is 3.79. The SMILES string of the molecule is O=S(O)NN1CCC1. The van der Waals surface area contributed by atoms with E-state index in [0.717, 1.165) is 19.5 Å². The van der Waals surface area contributed by atoms with Crippen molar-refractivity contribution in [2.24, 2.45) is 0 Å². The predicted octanol–water partition coefficient (Wildman–Crippen LogP) is -0.667. The molecule has 5 heteroatoms. The van der Waals surface area contributed by atoms with Gasteiger partial charge in [-0.15, -0.1) is 4.83 Å². The number of nitrogens with one attached hydrogen (secondary N) is 1. The summed E-state index contributed by atoms with van der Waals surface area (Å²) in [5.41, 5.74) is 0. The van der Waals surface area contributed by atoms with Gasteiger partial charge >= 0.3 is 0 Å². The number of nitrogens with zero attached hydrogens (tertiary/aromatic N) is 1. The van der Waals surface area contributed by atoms with Crippen molar-refractivity contribution < 1.29 is 8.76 Å². The monoisotopic (exact) mass is 136 g/mol. The van der Waals surface area contributed by atoms with Gasteiger partial charge in [0.15, 0.2) is 0 Å². The van der Waals surface area contributed by atoms with Crippen molar-refractivity contribution in [2.45, 2.75) is 6.42 Å². The topological polar surface area (TPSA) is 52.6 Å². The Bertz CT molecular complexity index is 103. The minimum Gasteiger partial charge on any atom is -0.293 e. The quantitative estimate of drug-likeness (QED) is 0.495. The summed E-state index contributed by atoms with van der Waals surface area (Å²) in [6, 6.07) is 0. The molecule has 0 saturated carbocycles. The summed E-state index contributed by atoms with van der Waals surface area (Å²) in [5.74, 6) is 0. The van der Waals surface area contributed by atoms with Crippen molar-refractivity contribution in [2.75, 3.05) is 13.1 Å². The lowest BCUT2D eigenvalue weighted by Gasteiger charge is -2.28. The van der Waals surface area contributed by atoms with Crippen LogP contribution in [-0.4, -0.2) is 26.9 Å². The van der Waals surface area contributed by atoms with Gasteiger partial charge in [0.2, 0.25) is 11.3 Å². The second-order valence-corrected chi connectivity index (χ2v) is 2.36. The highest BCUT2D eigenvalue weighted by molar-refractivity contribution is 7.77. The lowest BCUT2D eigenvalue weighted by molar-refractivity contribution is 0.151. The van der Waals surface area contributed by atoms with Gasteiger partial charge in [0, 0.05) is 13.1 Å². The molecular formula is C3H8N2O2S. The molecule has 0 aromatic rings. The molecule has 0 amide bonds. The van der Waals surface area contributed by atoms with Crippen molar-refractivity contribution in [3.8, 4) is 0 Å². The van der Waals surface area contributed by atoms with Crippen LogP contribution in [0.1, 0.15) is 6.42 Å². The molecule has 8 heavy (non-hydrogen) atoms. The molecule has 1 fully saturated rings. The minimum atomic E-state index is -1.87. The van der Waals surface area contributed by atoms with E-state index < -0.39 is 11.3 Å². The Balaban J connectivity index is 2.09. The molecule has 0 bridgehead atoms. The van der Waals surface area contributed by atoms with Gasteiger partial charge in [0.1, 0.15) is 0 Å². The van der Waals surface area contributed by atoms with Crippen molar-refractivity contribution in [1.82, 2.24) is 9.84 Å². The molecule has 1 aliphatic heterocycles. The summed E-state index contributed by atoms with van der Waals surface area (Å²) in [6.45, 7) is 1.76. The van der Waals surface area contributed by atoms with Crippen molar-refractivity contribution >= 4 is 11.3 Å². The first-order valence-corrected chi connectivity index (χ1v) is 3.52. The third kappa shape index (κ3) is 1.52. The molecule has 1 atom stereocenters. The Morgan fingerprint density at radius 3 is 2.38 bits per heavy atom. The van der Waals surface area contributed by atoms with E-state index in [1.165, 1.54) is 0 Å². The molecule has 1 heterocycles. The highest BCUT2D eigenvalue weighted by atomic mass is 32.2. The van der Waals surface area contributed by atoms with Gasteiger partial charge in [-0.05, 0) is 6.42 Å².